The SMILES string of the molecule is F[C@@]1(COCc2ccccc2)C[C@@H]1C1CCCCC1. The molecular formula is C17H23FO. The zero-order chi connectivity index (χ0) is 13.1. The molecular weight excluding hydrogens is 239 g/mol. The molecule has 0 spiro atoms. The molecule has 2 aliphatic rings. The van der Waals surface area contributed by atoms with Gasteiger partial charge in [0.1, 0.15) is 5.67 Å². The van der Waals surface area contributed by atoms with E-state index in [1.807, 2.05) is 30.3 Å². The normalized spacial score (nSPS) is 31.3. The Hall–Kier alpha value is -0.890. The number of hydrogen-bond donors (Lipinski definition) is 0. The molecule has 0 heterocycles. The van der Waals surface area contributed by atoms with Gasteiger partial charge in [0.15, 0.2) is 0 Å². The van der Waals surface area contributed by atoms with E-state index in [1.54, 1.807) is 0 Å². The van der Waals surface area contributed by atoms with Gasteiger partial charge >= 0.3 is 0 Å². The fourth-order valence-electron chi connectivity index (χ4n) is 3.51. The maximum atomic E-state index is 14.5. The van der Waals surface area contributed by atoms with Crippen LogP contribution in [0.3, 0.4) is 0 Å². The Morgan fingerprint density at radius 3 is 2.58 bits per heavy atom. The van der Waals surface area contributed by atoms with E-state index >= 15 is 0 Å². The minimum absolute atomic E-state index is 0.281. The first-order valence-corrected chi connectivity index (χ1v) is 7.58. The second-order valence-corrected chi connectivity index (χ2v) is 6.22. The van der Waals surface area contributed by atoms with Crippen molar-refractivity contribution in [1.29, 1.82) is 0 Å². The highest BCUT2D eigenvalue weighted by Crippen LogP contribution is 2.55. The Morgan fingerprint density at radius 2 is 1.84 bits per heavy atom. The Balaban J connectivity index is 1.43. The van der Waals surface area contributed by atoms with Gasteiger partial charge in [-0.15, -0.1) is 0 Å². The molecule has 2 fully saturated rings. The van der Waals surface area contributed by atoms with Gasteiger partial charge in [0.05, 0.1) is 13.2 Å². The summed E-state index contributed by atoms with van der Waals surface area (Å²) in [6.45, 7) is 0.812. The fourth-order valence-corrected chi connectivity index (χ4v) is 3.51. The summed E-state index contributed by atoms with van der Waals surface area (Å²) in [5.74, 6) is 0.905. The van der Waals surface area contributed by atoms with Gasteiger partial charge in [0.2, 0.25) is 0 Å². The lowest BCUT2D eigenvalue weighted by atomic mass is 9.85. The Bertz CT molecular complexity index is 399. The minimum Gasteiger partial charge on any atom is -0.373 e. The van der Waals surface area contributed by atoms with Gasteiger partial charge < -0.3 is 4.74 Å². The van der Waals surface area contributed by atoms with Gasteiger partial charge in [-0.2, -0.15) is 0 Å². The molecule has 0 amide bonds. The number of benzene rings is 1. The maximum Gasteiger partial charge on any atom is 0.137 e. The topological polar surface area (TPSA) is 9.23 Å². The monoisotopic (exact) mass is 262 g/mol. The van der Waals surface area contributed by atoms with Crippen molar-refractivity contribution in [3.63, 3.8) is 0 Å². The summed E-state index contributed by atoms with van der Waals surface area (Å²) >= 11 is 0. The molecule has 0 radical (unpaired) electrons. The number of ether oxygens (including phenoxy) is 1. The number of alkyl halides is 1. The van der Waals surface area contributed by atoms with Gasteiger partial charge in [0, 0.05) is 5.92 Å². The number of hydrogen-bond acceptors (Lipinski definition) is 1. The molecule has 0 aliphatic heterocycles. The predicted molar refractivity (Wildman–Crippen MR) is 74.6 cm³/mol. The number of halogens is 1. The summed E-state index contributed by atoms with van der Waals surface area (Å²) < 4.78 is 20.1. The molecule has 1 nitrogen and oxygen atoms in total. The van der Waals surface area contributed by atoms with Crippen LogP contribution in [-0.2, 0) is 11.3 Å². The molecule has 0 unspecified atom stereocenters. The molecule has 2 saturated carbocycles. The van der Waals surface area contributed by atoms with Crippen molar-refractivity contribution in [2.75, 3.05) is 6.61 Å². The van der Waals surface area contributed by atoms with E-state index in [4.69, 9.17) is 4.74 Å². The summed E-state index contributed by atoms with van der Waals surface area (Å²) in [7, 11) is 0. The average Bonchev–Trinajstić information content (AvgIpc) is 3.13. The summed E-state index contributed by atoms with van der Waals surface area (Å²) in [6.07, 6.45) is 7.12. The Kier molecular flexibility index (Phi) is 3.88. The lowest BCUT2D eigenvalue weighted by Gasteiger charge is -2.22. The van der Waals surface area contributed by atoms with E-state index in [1.165, 1.54) is 32.1 Å². The molecule has 0 saturated heterocycles. The smallest absolute Gasteiger partial charge is 0.137 e. The van der Waals surface area contributed by atoms with Crippen molar-refractivity contribution in [3.8, 4) is 0 Å². The second kappa shape index (κ2) is 5.62. The van der Waals surface area contributed by atoms with Gasteiger partial charge in [-0.1, -0.05) is 62.4 Å². The fraction of sp³-hybridized carbons (Fsp3) is 0.647. The molecule has 1 aromatic rings. The molecule has 0 N–H and O–H groups in total. The van der Waals surface area contributed by atoms with Crippen LogP contribution in [0.2, 0.25) is 0 Å². The largest absolute Gasteiger partial charge is 0.373 e. The minimum atomic E-state index is -1.02. The molecule has 1 aromatic carbocycles. The summed E-state index contributed by atoms with van der Waals surface area (Å²) in [4.78, 5) is 0. The molecule has 19 heavy (non-hydrogen) atoms. The van der Waals surface area contributed by atoms with Gasteiger partial charge in [-0.05, 0) is 17.9 Å². The highest BCUT2D eigenvalue weighted by Gasteiger charge is 2.58. The molecule has 0 aromatic heterocycles. The van der Waals surface area contributed by atoms with Gasteiger partial charge in [-0.25, -0.2) is 4.39 Å². The van der Waals surface area contributed by atoms with Crippen LogP contribution in [0.5, 0.6) is 0 Å². The van der Waals surface area contributed by atoms with E-state index in [-0.39, 0.29) is 12.5 Å². The molecule has 3 rings (SSSR count). The number of rotatable bonds is 5. The molecule has 2 atom stereocenters. The first-order valence-electron chi connectivity index (χ1n) is 7.58. The van der Waals surface area contributed by atoms with Crippen molar-refractivity contribution in [2.24, 2.45) is 11.8 Å². The molecule has 0 bridgehead atoms. The lowest BCUT2D eigenvalue weighted by molar-refractivity contribution is 0.0444. The highest BCUT2D eigenvalue weighted by molar-refractivity contribution is 5.13. The molecule has 104 valence electrons. The first kappa shape index (κ1) is 13.1. The van der Waals surface area contributed by atoms with Gasteiger partial charge in [0.25, 0.3) is 0 Å². The maximum absolute atomic E-state index is 14.5. The van der Waals surface area contributed by atoms with E-state index in [9.17, 15) is 4.39 Å². The quantitative estimate of drug-likeness (QED) is 0.758. The zero-order valence-corrected chi connectivity index (χ0v) is 11.5. The molecule has 2 aliphatic carbocycles. The van der Waals surface area contributed by atoms with Crippen LogP contribution in [0.15, 0.2) is 30.3 Å². The first-order chi connectivity index (χ1) is 9.28. The van der Waals surface area contributed by atoms with E-state index in [2.05, 4.69) is 0 Å². The summed E-state index contributed by atoms with van der Waals surface area (Å²) in [5.41, 5.74) is 0.109. The Morgan fingerprint density at radius 1 is 1.11 bits per heavy atom. The Labute approximate surface area is 115 Å². The van der Waals surface area contributed by atoms with Crippen LogP contribution in [0.1, 0.15) is 44.1 Å². The van der Waals surface area contributed by atoms with E-state index in [0.717, 1.165) is 12.0 Å². The average molecular weight is 262 g/mol. The van der Waals surface area contributed by atoms with Crippen molar-refractivity contribution < 1.29 is 9.13 Å². The van der Waals surface area contributed by atoms with Crippen LogP contribution in [0.4, 0.5) is 4.39 Å². The van der Waals surface area contributed by atoms with Crippen molar-refractivity contribution in [1.82, 2.24) is 0 Å². The lowest BCUT2D eigenvalue weighted by Crippen LogP contribution is -2.20. The van der Waals surface area contributed by atoms with Crippen LogP contribution < -0.4 is 0 Å². The van der Waals surface area contributed by atoms with Crippen molar-refractivity contribution >= 4 is 0 Å². The molecule has 2 heteroatoms. The van der Waals surface area contributed by atoms with Crippen molar-refractivity contribution in [3.05, 3.63) is 35.9 Å². The predicted octanol–water partition coefficient (Wildman–Crippen LogP) is 4.51. The van der Waals surface area contributed by atoms with Crippen LogP contribution in [0.25, 0.3) is 0 Å². The van der Waals surface area contributed by atoms with Crippen molar-refractivity contribution in [2.45, 2.75) is 50.8 Å². The third-order valence-electron chi connectivity index (χ3n) is 4.74. The van der Waals surface area contributed by atoms with Crippen LogP contribution >= 0.6 is 0 Å². The summed E-state index contributed by atoms with van der Waals surface area (Å²) in [6, 6.07) is 10.0. The summed E-state index contributed by atoms with van der Waals surface area (Å²) in [5, 5.41) is 0. The zero-order valence-electron chi connectivity index (χ0n) is 11.5. The van der Waals surface area contributed by atoms with Crippen LogP contribution in [-0.4, -0.2) is 12.3 Å². The van der Waals surface area contributed by atoms with Gasteiger partial charge in [-0.3, -0.25) is 0 Å². The van der Waals surface area contributed by atoms with E-state index < -0.39 is 5.67 Å². The standard InChI is InChI=1S/C17H23FO/c18-17(11-16(17)15-9-5-2-6-10-15)13-19-12-14-7-3-1-4-8-14/h1,3-4,7-8,15-16H,2,5-6,9-13H2/t16-,17-/m1/s1. The third-order valence-corrected chi connectivity index (χ3v) is 4.74. The second-order valence-electron chi connectivity index (χ2n) is 6.22. The van der Waals surface area contributed by atoms with Crippen LogP contribution in [0, 0.1) is 11.8 Å². The third kappa shape index (κ3) is 3.17. The van der Waals surface area contributed by atoms with E-state index in [0.29, 0.717) is 12.5 Å². The highest BCUT2D eigenvalue weighted by atomic mass is 19.1.